The Morgan fingerprint density at radius 1 is 1.14 bits per heavy atom. The summed E-state index contributed by atoms with van der Waals surface area (Å²) in [6, 6.07) is 9.99. The van der Waals surface area contributed by atoms with E-state index in [1.807, 2.05) is 52.3 Å². The molecule has 1 aliphatic heterocycles. The number of carbonyl (C=O) groups excluding carboxylic acids is 1. The summed E-state index contributed by atoms with van der Waals surface area (Å²) in [4.78, 5) is 23.5. The normalized spacial score (nSPS) is 16.9. The molecule has 1 aliphatic rings. The number of aromatic nitrogens is 3. The zero-order valence-corrected chi connectivity index (χ0v) is 16.5. The average Bonchev–Trinajstić information content (AvgIpc) is 3.27. The molecule has 0 saturated carbocycles. The van der Waals surface area contributed by atoms with Gasteiger partial charge in [0.25, 0.3) is 0 Å². The molecule has 0 radical (unpaired) electrons. The second-order valence-electron chi connectivity index (χ2n) is 7.50. The van der Waals surface area contributed by atoms with Crippen molar-refractivity contribution in [2.45, 2.75) is 39.3 Å². The molecule has 2 aromatic heterocycles. The number of pyridine rings is 1. The summed E-state index contributed by atoms with van der Waals surface area (Å²) >= 11 is 0. The Bertz CT molecular complexity index is 964. The Balaban J connectivity index is 1.54. The number of nitrogens with zero attached hydrogens (tertiary/aromatic N) is 4. The molecule has 0 spiro atoms. The van der Waals surface area contributed by atoms with Gasteiger partial charge in [0, 0.05) is 31.3 Å². The third kappa shape index (κ3) is 3.72. The third-order valence-corrected chi connectivity index (χ3v) is 5.45. The van der Waals surface area contributed by atoms with E-state index in [2.05, 4.69) is 16.9 Å². The van der Waals surface area contributed by atoms with E-state index in [1.165, 1.54) is 0 Å². The molecule has 1 aromatic carbocycles. The number of carbonyl (C=O) groups is 1. The highest BCUT2D eigenvalue weighted by molar-refractivity contribution is 5.80. The maximum absolute atomic E-state index is 12.4. The first-order valence-corrected chi connectivity index (χ1v) is 9.87. The van der Waals surface area contributed by atoms with Gasteiger partial charge in [-0.3, -0.25) is 4.79 Å². The molecule has 146 valence electrons. The van der Waals surface area contributed by atoms with Crippen molar-refractivity contribution in [3.8, 4) is 5.75 Å². The Morgan fingerprint density at radius 3 is 2.71 bits per heavy atom. The Labute approximate surface area is 165 Å². The van der Waals surface area contributed by atoms with Gasteiger partial charge in [0.2, 0.25) is 5.91 Å². The highest BCUT2D eigenvalue weighted by Crippen LogP contribution is 2.26. The second kappa shape index (κ2) is 8.00. The van der Waals surface area contributed by atoms with Gasteiger partial charge in [-0.05, 0) is 36.1 Å². The molecule has 3 heterocycles. The lowest BCUT2D eigenvalue weighted by molar-refractivity contribution is -0.128. The summed E-state index contributed by atoms with van der Waals surface area (Å²) in [5.74, 6) is 1.58. The van der Waals surface area contributed by atoms with Crippen LogP contribution in [-0.2, 0) is 17.9 Å². The molecule has 1 atom stereocenters. The molecule has 1 unspecified atom stereocenters. The van der Waals surface area contributed by atoms with Crippen LogP contribution in [0.5, 0.6) is 5.75 Å². The van der Waals surface area contributed by atoms with Gasteiger partial charge in [-0.2, -0.15) is 0 Å². The lowest BCUT2D eigenvalue weighted by Crippen LogP contribution is -2.24. The van der Waals surface area contributed by atoms with Crippen LogP contribution >= 0.6 is 0 Å². The van der Waals surface area contributed by atoms with Crippen molar-refractivity contribution < 1.29 is 9.53 Å². The van der Waals surface area contributed by atoms with Crippen LogP contribution < -0.4 is 4.74 Å². The van der Waals surface area contributed by atoms with Crippen LogP contribution in [0.1, 0.15) is 37.3 Å². The standard InChI is InChI=1S/C22H26N4O2/c1-3-4-17-11-20(27)25(13-17)14-18-9-10-23-22-21(18)24-15-26(22)12-16-5-7-19(28-2)8-6-16/h5-10,15,17H,3-4,11-14H2,1-2H3. The smallest absolute Gasteiger partial charge is 0.223 e. The van der Waals surface area contributed by atoms with Crippen molar-refractivity contribution in [1.82, 2.24) is 19.4 Å². The van der Waals surface area contributed by atoms with Crippen molar-refractivity contribution in [2.75, 3.05) is 13.7 Å². The van der Waals surface area contributed by atoms with Crippen LogP contribution in [-0.4, -0.2) is 39.0 Å². The molecule has 1 amide bonds. The minimum absolute atomic E-state index is 0.251. The number of hydrogen-bond donors (Lipinski definition) is 0. The van der Waals surface area contributed by atoms with Crippen molar-refractivity contribution in [1.29, 1.82) is 0 Å². The van der Waals surface area contributed by atoms with Crippen molar-refractivity contribution in [3.05, 3.63) is 54.0 Å². The summed E-state index contributed by atoms with van der Waals surface area (Å²) < 4.78 is 7.27. The molecule has 6 nitrogen and oxygen atoms in total. The van der Waals surface area contributed by atoms with Gasteiger partial charge in [-0.1, -0.05) is 25.5 Å². The molecular weight excluding hydrogens is 352 g/mol. The summed E-state index contributed by atoms with van der Waals surface area (Å²) in [6.45, 7) is 4.33. The number of likely N-dealkylation sites (tertiary alicyclic amines) is 1. The second-order valence-corrected chi connectivity index (χ2v) is 7.50. The van der Waals surface area contributed by atoms with E-state index in [0.29, 0.717) is 25.4 Å². The van der Waals surface area contributed by atoms with Crippen LogP contribution in [0.2, 0.25) is 0 Å². The van der Waals surface area contributed by atoms with E-state index in [1.54, 1.807) is 7.11 Å². The molecular formula is C22H26N4O2. The van der Waals surface area contributed by atoms with Crippen LogP contribution in [0, 0.1) is 5.92 Å². The average molecular weight is 378 g/mol. The number of rotatable bonds is 7. The van der Waals surface area contributed by atoms with Gasteiger partial charge in [0.1, 0.15) is 11.3 Å². The maximum Gasteiger partial charge on any atom is 0.223 e. The maximum atomic E-state index is 12.4. The van der Waals surface area contributed by atoms with Crippen molar-refractivity contribution in [3.63, 3.8) is 0 Å². The fourth-order valence-electron chi connectivity index (χ4n) is 4.00. The van der Waals surface area contributed by atoms with Gasteiger partial charge in [0.15, 0.2) is 5.65 Å². The Kier molecular flexibility index (Phi) is 5.28. The zero-order valence-electron chi connectivity index (χ0n) is 16.5. The fraction of sp³-hybridized carbons (Fsp3) is 0.409. The van der Waals surface area contributed by atoms with E-state index in [4.69, 9.17) is 4.74 Å². The monoisotopic (exact) mass is 378 g/mol. The van der Waals surface area contributed by atoms with Crippen molar-refractivity contribution >= 4 is 17.1 Å². The number of ether oxygens (including phenoxy) is 1. The highest BCUT2D eigenvalue weighted by Gasteiger charge is 2.29. The number of hydrogen-bond acceptors (Lipinski definition) is 4. The number of fused-ring (bicyclic) bond motifs is 1. The minimum Gasteiger partial charge on any atom is -0.497 e. The van der Waals surface area contributed by atoms with E-state index < -0.39 is 0 Å². The van der Waals surface area contributed by atoms with Gasteiger partial charge < -0.3 is 14.2 Å². The first-order chi connectivity index (χ1) is 13.7. The quantitative estimate of drug-likeness (QED) is 0.630. The molecule has 1 saturated heterocycles. The number of amides is 1. The SMILES string of the molecule is CCCC1CC(=O)N(Cc2ccnc3c2ncn3Cc2ccc(OC)cc2)C1. The van der Waals surface area contributed by atoms with Gasteiger partial charge in [-0.25, -0.2) is 9.97 Å². The van der Waals surface area contributed by atoms with Crippen LogP contribution in [0.4, 0.5) is 0 Å². The van der Waals surface area contributed by atoms with Crippen LogP contribution in [0.3, 0.4) is 0 Å². The molecule has 28 heavy (non-hydrogen) atoms. The van der Waals surface area contributed by atoms with E-state index in [-0.39, 0.29) is 5.91 Å². The molecule has 4 rings (SSSR count). The lowest BCUT2D eigenvalue weighted by atomic mass is 10.0. The van der Waals surface area contributed by atoms with Crippen molar-refractivity contribution in [2.24, 2.45) is 5.92 Å². The first kappa shape index (κ1) is 18.5. The summed E-state index contributed by atoms with van der Waals surface area (Å²) in [5.41, 5.74) is 3.95. The van der Waals surface area contributed by atoms with Gasteiger partial charge in [-0.15, -0.1) is 0 Å². The van der Waals surface area contributed by atoms with E-state index >= 15 is 0 Å². The summed E-state index contributed by atoms with van der Waals surface area (Å²) in [5, 5.41) is 0. The molecule has 0 N–H and O–H groups in total. The summed E-state index contributed by atoms with van der Waals surface area (Å²) in [6.07, 6.45) is 6.56. The summed E-state index contributed by atoms with van der Waals surface area (Å²) in [7, 11) is 1.67. The predicted octanol–water partition coefficient (Wildman–Crippen LogP) is 3.64. The minimum atomic E-state index is 0.251. The van der Waals surface area contributed by atoms with Gasteiger partial charge in [0.05, 0.1) is 20.0 Å². The topological polar surface area (TPSA) is 60.2 Å². The third-order valence-electron chi connectivity index (χ3n) is 5.45. The lowest BCUT2D eigenvalue weighted by Gasteiger charge is -2.17. The van der Waals surface area contributed by atoms with Gasteiger partial charge >= 0.3 is 0 Å². The number of benzene rings is 1. The molecule has 6 heteroatoms. The van der Waals surface area contributed by atoms with Crippen LogP contribution in [0.25, 0.3) is 11.2 Å². The zero-order chi connectivity index (χ0) is 19.5. The highest BCUT2D eigenvalue weighted by atomic mass is 16.5. The largest absolute Gasteiger partial charge is 0.497 e. The first-order valence-electron chi connectivity index (χ1n) is 9.87. The molecule has 0 aliphatic carbocycles. The van der Waals surface area contributed by atoms with E-state index in [9.17, 15) is 4.79 Å². The number of methoxy groups -OCH3 is 1. The number of imidazole rings is 1. The molecule has 1 fully saturated rings. The Morgan fingerprint density at radius 2 is 1.96 bits per heavy atom. The van der Waals surface area contributed by atoms with Crippen LogP contribution in [0.15, 0.2) is 42.9 Å². The van der Waals surface area contributed by atoms with E-state index in [0.717, 1.165) is 47.4 Å². The molecule has 0 bridgehead atoms. The fourth-order valence-corrected chi connectivity index (χ4v) is 4.00. The predicted molar refractivity (Wildman–Crippen MR) is 108 cm³/mol. The molecule has 3 aromatic rings. The Hall–Kier alpha value is -2.89.